The highest BCUT2D eigenvalue weighted by molar-refractivity contribution is 7.92. The number of hydrogen-bond acceptors (Lipinski definition) is 9. The highest BCUT2D eigenvalue weighted by Crippen LogP contribution is 2.35. The van der Waals surface area contributed by atoms with E-state index in [2.05, 4.69) is 32.2 Å². The molecule has 0 aliphatic heterocycles. The van der Waals surface area contributed by atoms with Crippen molar-refractivity contribution in [3.8, 4) is 11.5 Å². The van der Waals surface area contributed by atoms with Crippen LogP contribution in [0.15, 0.2) is 85.7 Å². The minimum Gasteiger partial charge on any atom is -0.457 e. The summed E-state index contributed by atoms with van der Waals surface area (Å²) >= 11 is 0. The first-order chi connectivity index (χ1) is 21.2. The van der Waals surface area contributed by atoms with E-state index in [1.807, 2.05) is 6.07 Å². The van der Waals surface area contributed by atoms with Gasteiger partial charge in [-0.2, -0.15) is 18.2 Å². The molecular weight excluding hydrogens is 611 g/mol. The van der Waals surface area contributed by atoms with E-state index in [0.717, 1.165) is 16.1 Å². The van der Waals surface area contributed by atoms with E-state index >= 15 is 0 Å². The number of anilines is 4. The Kier molecular flexibility index (Phi) is 9.91. The van der Waals surface area contributed by atoms with Crippen LogP contribution in [0, 0.1) is 0 Å². The normalized spacial score (nSPS) is 11.4. The molecule has 0 saturated heterocycles. The number of rotatable bonds is 12. The minimum absolute atomic E-state index is 0.0673. The van der Waals surface area contributed by atoms with E-state index in [1.54, 1.807) is 61.6 Å². The van der Waals surface area contributed by atoms with Crippen LogP contribution in [0.3, 0.4) is 0 Å². The van der Waals surface area contributed by atoms with E-state index in [-0.39, 0.29) is 24.2 Å². The number of halogens is 3. The molecule has 0 fully saturated rings. The van der Waals surface area contributed by atoms with Crippen LogP contribution in [0.25, 0.3) is 0 Å². The molecule has 45 heavy (non-hydrogen) atoms. The van der Waals surface area contributed by atoms with E-state index in [1.165, 1.54) is 24.2 Å². The lowest BCUT2D eigenvalue weighted by Crippen LogP contribution is -2.27. The van der Waals surface area contributed by atoms with Crippen LogP contribution in [-0.2, 0) is 34.1 Å². The Labute approximate surface area is 258 Å². The molecule has 0 spiro atoms. The number of nitrogens with zero attached hydrogens (tertiary/aromatic N) is 5. The molecule has 2 heterocycles. The van der Waals surface area contributed by atoms with Gasteiger partial charge in [0.2, 0.25) is 21.9 Å². The SMILES string of the molecule is C=CC(=O)N(C)Cc1cccc(Oc2ccc(Nc3ncc(C(F)(F)F)c(NCc4cccnc4N(C)S(C)(=O)=O)n3)cc2)c1. The predicted molar refractivity (Wildman–Crippen MR) is 165 cm³/mol. The van der Waals surface area contributed by atoms with Gasteiger partial charge in [-0.25, -0.2) is 18.4 Å². The van der Waals surface area contributed by atoms with Gasteiger partial charge < -0.3 is 20.3 Å². The number of carbonyl (C=O) groups excluding carboxylic acids is 1. The third kappa shape index (κ3) is 8.69. The molecule has 0 radical (unpaired) electrons. The summed E-state index contributed by atoms with van der Waals surface area (Å²) in [5.41, 5.74) is 0.580. The molecule has 2 aromatic carbocycles. The largest absolute Gasteiger partial charge is 0.457 e. The fourth-order valence-electron chi connectivity index (χ4n) is 4.06. The van der Waals surface area contributed by atoms with Gasteiger partial charge >= 0.3 is 6.18 Å². The first kappa shape index (κ1) is 32.7. The molecule has 15 heteroatoms. The Morgan fingerprint density at radius 3 is 2.44 bits per heavy atom. The number of aromatic nitrogens is 3. The second-order valence-electron chi connectivity index (χ2n) is 9.82. The molecular formula is C30H30F3N7O4S. The Balaban J connectivity index is 1.48. The number of benzene rings is 2. The van der Waals surface area contributed by atoms with Gasteiger partial charge in [0.05, 0.1) is 6.26 Å². The number of hydrogen-bond donors (Lipinski definition) is 2. The summed E-state index contributed by atoms with van der Waals surface area (Å²) in [6, 6.07) is 16.9. The summed E-state index contributed by atoms with van der Waals surface area (Å²) in [5.74, 6) is 0.299. The van der Waals surface area contributed by atoms with Gasteiger partial charge in [-0.15, -0.1) is 0 Å². The van der Waals surface area contributed by atoms with Crippen molar-refractivity contribution in [2.75, 3.05) is 35.3 Å². The zero-order chi connectivity index (χ0) is 32.8. The summed E-state index contributed by atoms with van der Waals surface area (Å²) in [5, 5.41) is 5.53. The van der Waals surface area contributed by atoms with Gasteiger partial charge in [0.15, 0.2) is 0 Å². The monoisotopic (exact) mass is 641 g/mol. The number of alkyl halides is 3. The summed E-state index contributed by atoms with van der Waals surface area (Å²) in [6.45, 7) is 3.66. The highest BCUT2D eigenvalue weighted by atomic mass is 32.2. The number of carbonyl (C=O) groups is 1. The number of sulfonamides is 1. The third-order valence-electron chi connectivity index (χ3n) is 6.42. The van der Waals surface area contributed by atoms with Crippen LogP contribution in [0.4, 0.5) is 36.4 Å². The van der Waals surface area contributed by atoms with Crippen LogP contribution < -0.4 is 19.7 Å². The highest BCUT2D eigenvalue weighted by Gasteiger charge is 2.35. The second-order valence-corrected chi connectivity index (χ2v) is 11.8. The standard InChI is InChI=1S/C30H30F3N7O4S/c1-5-26(41)39(2)19-20-8-6-10-24(16-20)44-23-13-11-22(12-14-23)37-29-36-18-25(30(31,32)33)27(38-29)35-17-21-9-7-15-34-28(21)40(3)45(4,42)43/h5-16,18H,1,17,19H2,2-4H3,(H2,35,36,37,38). The van der Waals surface area contributed by atoms with E-state index < -0.39 is 27.6 Å². The second kappa shape index (κ2) is 13.6. The Morgan fingerprint density at radius 1 is 1.04 bits per heavy atom. The van der Waals surface area contributed by atoms with E-state index in [0.29, 0.717) is 35.5 Å². The maximum Gasteiger partial charge on any atom is 0.421 e. The average molecular weight is 642 g/mol. The quantitative estimate of drug-likeness (QED) is 0.191. The first-order valence-corrected chi connectivity index (χ1v) is 15.2. The van der Waals surface area contributed by atoms with E-state index in [4.69, 9.17) is 4.74 Å². The summed E-state index contributed by atoms with van der Waals surface area (Å²) in [7, 11) is -0.694. The molecule has 0 aliphatic rings. The first-order valence-electron chi connectivity index (χ1n) is 13.3. The molecule has 2 N–H and O–H groups in total. The predicted octanol–water partition coefficient (Wildman–Crippen LogP) is 5.58. The fourth-order valence-corrected chi connectivity index (χ4v) is 4.54. The molecule has 0 saturated carbocycles. The number of ether oxygens (including phenoxy) is 1. The number of likely N-dealkylation sites (N-methyl/N-ethyl adjacent to an activating group) is 1. The molecule has 0 bridgehead atoms. The summed E-state index contributed by atoms with van der Waals surface area (Å²) in [6.07, 6.45) is -0.474. The van der Waals surface area contributed by atoms with Crippen LogP contribution in [0.1, 0.15) is 16.7 Å². The molecule has 1 amide bonds. The topological polar surface area (TPSA) is 130 Å². The van der Waals surface area contributed by atoms with Gasteiger partial charge in [0, 0.05) is 50.8 Å². The van der Waals surface area contributed by atoms with Crippen molar-refractivity contribution in [1.82, 2.24) is 19.9 Å². The molecule has 0 aliphatic carbocycles. The fraction of sp³-hybridized carbons (Fsp3) is 0.200. The average Bonchev–Trinajstić information content (AvgIpc) is 2.99. The van der Waals surface area contributed by atoms with Crippen molar-refractivity contribution in [1.29, 1.82) is 0 Å². The van der Waals surface area contributed by atoms with Crippen molar-refractivity contribution in [3.63, 3.8) is 0 Å². The Hall–Kier alpha value is -5.18. The van der Waals surface area contributed by atoms with Gasteiger partial charge in [0.1, 0.15) is 28.7 Å². The molecule has 4 aromatic rings. The van der Waals surface area contributed by atoms with Crippen molar-refractivity contribution in [2.24, 2.45) is 0 Å². The lowest BCUT2D eigenvalue weighted by atomic mass is 10.2. The zero-order valence-electron chi connectivity index (χ0n) is 24.5. The smallest absolute Gasteiger partial charge is 0.421 e. The van der Waals surface area contributed by atoms with Gasteiger partial charge in [-0.05, 0) is 54.1 Å². The number of amides is 1. The molecule has 0 atom stereocenters. The summed E-state index contributed by atoms with van der Waals surface area (Å²) in [4.78, 5) is 25.2. The van der Waals surface area contributed by atoms with Crippen LogP contribution in [0.5, 0.6) is 11.5 Å². The number of nitrogens with one attached hydrogen (secondary N) is 2. The molecule has 0 unspecified atom stereocenters. The van der Waals surface area contributed by atoms with Crippen LogP contribution in [-0.4, -0.2) is 54.5 Å². The Morgan fingerprint density at radius 2 is 1.78 bits per heavy atom. The maximum absolute atomic E-state index is 13.8. The van der Waals surface area contributed by atoms with Gasteiger partial charge in [-0.3, -0.25) is 9.10 Å². The van der Waals surface area contributed by atoms with Crippen molar-refractivity contribution < 1.29 is 31.1 Å². The van der Waals surface area contributed by atoms with Crippen molar-refractivity contribution in [3.05, 3.63) is 102 Å². The van der Waals surface area contributed by atoms with Crippen LogP contribution in [0.2, 0.25) is 0 Å². The van der Waals surface area contributed by atoms with Crippen molar-refractivity contribution >= 4 is 39.2 Å². The van der Waals surface area contributed by atoms with Crippen molar-refractivity contribution in [2.45, 2.75) is 19.3 Å². The Bertz CT molecular complexity index is 1790. The van der Waals surface area contributed by atoms with Gasteiger partial charge in [-0.1, -0.05) is 24.8 Å². The van der Waals surface area contributed by atoms with E-state index in [9.17, 15) is 26.4 Å². The third-order valence-corrected chi connectivity index (χ3v) is 7.59. The molecule has 2 aromatic heterocycles. The maximum atomic E-state index is 13.8. The van der Waals surface area contributed by atoms with Crippen LogP contribution >= 0.6 is 0 Å². The van der Waals surface area contributed by atoms with Gasteiger partial charge in [0.25, 0.3) is 0 Å². The summed E-state index contributed by atoms with van der Waals surface area (Å²) < 4.78 is 72.3. The zero-order valence-corrected chi connectivity index (χ0v) is 25.4. The number of pyridine rings is 1. The molecule has 236 valence electrons. The molecule has 11 nitrogen and oxygen atoms in total. The molecule has 4 rings (SSSR count). The lowest BCUT2D eigenvalue weighted by molar-refractivity contribution is -0.137. The minimum atomic E-state index is -4.75. The lowest BCUT2D eigenvalue weighted by Gasteiger charge is -2.20.